The van der Waals surface area contributed by atoms with Gasteiger partial charge in [-0.15, -0.1) is 0 Å². The summed E-state index contributed by atoms with van der Waals surface area (Å²) in [5.41, 5.74) is 0. The lowest BCUT2D eigenvalue weighted by Gasteiger charge is -1.99. The molecule has 0 unspecified atom stereocenters. The Labute approximate surface area is 73.2 Å². The van der Waals surface area contributed by atoms with E-state index in [0.717, 1.165) is 7.11 Å². The van der Waals surface area contributed by atoms with Crippen LogP contribution in [-0.4, -0.2) is 15.5 Å². The molecule has 0 aromatic heterocycles. The first-order valence-corrected chi connectivity index (χ1v) is 4.75. The second-order valence-electron chi connectivity index (χ2n) is 1.93. The highest BCUT2D eigenvalue weighted by molar-refractivity contribution is 7.90. The second-order valence-corrected chi connectivity index (χ2v) is 3.64. The summed E-state index contributed by atoms with van der Waals surface area (Å²) in [4.78, 5) is 0.0995. The Hall–Kier alpha value is -0.870. The maximum atomic E-state index is 11.1. The minimum atomic E-state index is -3.58. The number of rotatable bonds is 4. The predicted molar refractivity (Wildman–Crippen MR) is 49.0 cm³/mol. The van der Waals surface area contributed by atoms with E-state index in [1.807, 2.05) is 0 Å². The molecule has 68 valence electrons. The van der Waals surface area contributed by atoms with Crippen molar-refractivity contribution in [2.75, 3.05) is 7.11 Å². The van der Waals surface area contributed by atoms with Crippen LogP contribution in [0.25, 0.3) is 0 Å². The number of allylic oxidation sites excluding steroid dienone is 4. The fourth-order valence-corrected chi connectivity index (χ4v) is 1.36. The molecule has 4 heteroatoms. The summed E-state index contributed by atoms with van der Waals surface area (Å²) in [6.45, 7) is 5.12. The molecule has 0 saturated heterocycles. The van der Waals surface area contributed by atoms with Gasteiger partial charge in [0, 0.05) is 0 Å². The van der Waals surface area contributed by atoms with E-state index in [1.165, 1.54) is 18.2 Å². The second kappa shape index (κ2) is 4.90. The summed E-state index contributed by atoms with van der Waals surface area (Å²) in [5, 5.41) is 0. The van der Waals surface area contributed by atoms with Crippen molar-refractivity contribution in [3.05, 3.63) is 35.8 Å². The molecule has 0 N–H and O–H groups in total. The van der Waals surface area contributed by atoms with Crippen LogP contribution in [0.4, 0.5) is 0 Å². The van der Waals surface area contributed by atoms with Crippen LogP contribution in [0.5, 0.6) is 0 Å². The van der Waals surface area contributed by atoms with Gasteiger partial charge in [0.15, 0.2) is 0 Å². The zero-order valence-electron chi connectivity index (χ0n) is 7.15. The van der Waals surface area contributed by atoms with Crippen LogP contribution in [0.3, 0.4) is 0 Å². The fraction of sp³-hybridized carbons (Fsp3) is 0.250. The van der Waals surface area contributed by atoms with Gasteiger partial charge in [0.25, 0.3) is 10.1 Å². The third-order valence-electron chi connectivity index (χ3n) is 1.12. The van der Waals surface area contributed by atoms with Gasteiger partial charge in [-0.05, 0) is 19.1 Å². The van der Waals surface area contributed by atoms with E-state index < -0.39 is 10.1 Å². The Morgan fingerprint density at radius 2 is 2.08 bits per heavy atom. The van der Waals surface area contributed by atoms with E-state index in [1.54, 1.807) is 13.0 Å². The number of hydrogen-bond donors (Lipinski definition) is 0. The molecule has 0 aliphatic heterocycles. The molecule has 0 saturated carbocycles. The first-order chi connectivity index (χ1) is 5.58. The summed E-state index contributed by atoms with van der Waals surface area (Å²) < 4.78 is 26.5. The van der Waals surface area contributed by atoms with Crippen molar-refractivity contribution in [1.29, 1.82) is 0 Å². The maximum Gasteiger partial charge on any atom is 0.296 e. The SMILES string of the molecule is C=C/C=C(\C=C/C)S(=O)(=O)OC. The zero-order valence-corrected chi connectivity index (χ0v) is 7.97. The fourth-order valence-electron chi connectivity index (χ4n) is 0.599. The Morgan fingerprint density at radius 1 is 1.50 bits per heavy atom. The van der Waals surface area contributed by atoms with Crippen LogP contribution in [0.1, 0.15) is 6.92 Å². The predicted octanol–water partition coefficient (Wildman–Crippen LogP) is 1.61. The Kier molecular flexibility index (Phi) is 4.54. The third kappa shape index (κ3) is 3.02. The molecule has 0 spiro atoms. The van der Waals surface area contributed by atoms with Gasteiger partial charge >= 0.3 is 0 Å². The Morgan fingerprint density at radius 3 is 2.42 bits per heavy atom. The molecule has 0 atom stereocenters. The smallest absolute Gasteiger partial charge is 0.270 e. The topological polar surface area (TPSA) is 43.4 Å². The highest BCUT2D eigenvalue weighted by atomic mass is 32.2. The molecule has 0 aromatic carbocycles. The summed E-state index contributed by atoms with van der Waals surface area (Å²) in [6, 6.07) is 0. The van der Waals surface area contributed by atoms with Crippen LogP contribution < -0.4 is 0 Å². The third-order valence-corrected chi connectivity index (χ3v) is 2.41. The van der Waals surface area contributed by atoms with Gasteiger partial charge in [-0.3, -0.25) is 4.18 Å². The molecule has 0 aliphatic carbocycles. The van der Waals surface area contributed by atoms with Gasteiger partial charge in [0.1, 0.15) is 0 Å². The molecule has 12 heavy (non-hydrogen) atoms. The van der Waals surface area contributed by atoms with Crippen molar-refractivity contribution in [2.24, 2.45) is 0 Å². The summed E-state index contributed by atoms with van der Waals surface area (Å²) in [7, 11) is -2.46. The molecule has 3 nitrogen and oxygen atoms in total. The van der Waals surface area contributed by atoms with Crippen molar-refractivity contribution in [3.8, 4) is 0 Å². The lowest BCUT2D eigenvalue weighted by atomic mass is 10.4. The summed E-state index contributed by atoms with van der Waals surface area (Å²) in [5.74, 6) is 0. The van der Waals surface area contributed by atoms with Crippen molar-refractivity contribution >= 4 is 10.1 Å². The first-order valence-electron chi connectivity index (χ1n) is 3.34. The van der Waals surface area contributed by atoms with Gasteiger partial charge in [-0.2, -0.15) is 8.42 Å². The van der Waals surface area contributed by atoms with Gasteiger partial charge in [0.2, 0.25) is 0 Å². The van der Waals surface area contributed by atoms with Crippen LogP contribution >= 0.6 is 0 Å². The standard InChI is InChI=1S/C8H12O3S/c1-4-6-8(7-5-2)12(9,10)11-3/h4-7H,1H2,2-3H3/b7-5-,8-6+. The van der Waals surface area contributed by atoms with E-state index in [9.17, 15) is 8.42 Å². The number of hydrogen-bond acceptors (Lipinski definition) is 3. The van der Waals surface area contributed by atoms with Crippen molar-refractivity contribution in [2.45, 2.75) is 6.92 Å². The highest BCUT2D eigenvalue weighted by Crippen LogP contribution is 2.09. The van der Waals surface area contributed by atoms with Crippen LogP contribution in [0.2, 0.25) is 0 Å². The molecule has 0 aliphatic rings. The molecule has 0 heterocycles. The summed E-state index contributed by atoms with van der Waals surface area (Å²) >= 11 is 0. The van der Waals surface area contributed by atoms with Gasteiger partial charge < -0.3 is 0 Å². The van der Waals surface area contributed by atoms with Crippen LogP contribution in [0.15, 0.2) is 35.8 Å². The highest BCUT2D eigenvalue weighted by Gasteiger charge is 2.11. The van der Waals surface area contributed by atoms with Crippen LogP contribution in [0, 0.1) is 0 Å². The minimum Gasteiger partial charge on any atom is -0.270 e. The largest absolute Gasteiger partial charge is 0.296 e. The normalized spacial score (nSPS) is 13.7. The quantitative estimate of drug-likeness (QED) is 0.497. The molecular weight excluding hydrogens is 176 g/mol. The monoisotopic (exact) mass is 188 g/mol. The van der Waals surface area contributed by atoms with E-state index in [2.05, 4.69) is 10.8 Å². The van der Waals surface area contributed by atoms with Gasteiger partial charge in [0.05, 0.1) is 12.0 Å². The average molecular weight is 188 g/mol. The molecule has 0 radical (unpaired) electrons. The van der Waals surface area contributed by atoms with E-state index in [-0.39, 0.29) is 4.91 Å². The maximum absolute atomic E-state index is 11.1. The van der Waals surface area contributed by atoms with Crippen molar-refractivity contribution < 1.29 is 12.6 Å². The molecular formula is C8H12O3S. The van der Waals surface area contributed by atoms with E-state index in [4.69, 9.17) is 0 Å². The summed E-state index contributed by atoms with van der Waals surface area (Å²) in [6.07, 6.45) is 5.83. The van der Waals surface area contributed by atoms with E-state index in [0.29, 0.717) is 0 Å². The molecule has 0 amide bonds. The lowest BCUT2D eigenvalue weighted by Crippen LogP contribution is -2.03. The first kappa shape index (κ1) is 11.1. The van der Waals surface area contributed by atoms with Gasteiger partial charge in [-0.25, -0.2) is 0 Å². The lowest BCUT2D eigenvalue weighted by molar-refractivity contribution is 0.404. The Balaban J connectivity index is 5.02. The zero-order chi connectivity index (χ0) is 9.61. The minimum absolute atomic E-state index is 0.0995. The molecule has 0 fully saturated rings. The van der Waals surface area contributed by atoms with Crippen LogP contribution in [-0.2, 0) is 14.3 Å². The average Bonchev–Trinajstić information content (AvgIpc) is 2.04. The van der Waals surface area contributed by atoms with Gasteiger partial charge in [-0.1, -0.05) is 18.7 Å². The van der Waals surface area contributed by atoms with Crippen molar-refractivity contribution in [1.82, 2.24) is 0 Å². The molecule has 0 rings (SSSR count). The van der Waals surface area contributed by atoms with Crippen molar-refractivity contribution in [3.63, 3.8) is 0 Å². The molecule has 0 aromatic rings. The van der Waals surface area contributed by atoms with E-state index >= 15 is 0 Å². The molecule has 0 bridgehead atoms. The Bertz CT molecular complexity index is 296.